The fourth-order valence-electron chi connectivity index (χ4n) is 1.21. The van der Waals surface area contributed by atoms with Crippen LogP contribution < -0.4 is 0 Å². The highest BCUT2D eigenvalue weighted by Crippen LogP contribution is 2.30. The van der Waals surface area contributed by atoms with Crippen molar-refractivity contribution in [3.05, 3.63) is 53.3 Å². The van der Waals surface area contributed by atoms with Crippen molar-refractivity contribution in [3.63, 3.8) is 0 Å². The molecule has 0 unspecified atom stereocenters. The van der Waals surface area contributed by atoms with E-state index in [4.69, 9.17) is 16.9 Å². The zero-order chi connectivity index (χ0) is 11.4. The number of rotatable bonds is 2. The maximum absolute atomic E-state index is 8.90. The van der Waals surface area contributed by atoms with E-state index in [1.807, 2.05) is 36.4 Å². The third-order valence-corrected chi connectivity index (χ3v) is 3.17. The Bertz CT molecular complexity index is 549. The SMILES string of the molecule is N#Cc1ncccc1Sc1cccc(Cl)c1. The molecule has 0 aliphatic carbocycles. The third kappa shape index (κ3) is 2.54. The minimum atomic E-state index is 0.437. The average Bonchev–Trinajstić information content (AvgIpc) is 2.30. The predicted molar refractivity (Wildman–Crippen MR) is 64.5 cm³/mol. The normalized spacial score (nSPS) is 9.75. The van der Waals surface area contributed by atoms with Crippen molar-refractivity contribution in [2.45, 2.75) is 9.79 Å². The Labute approximate surface area is 103 Å². The number of benzene rings is 1. The second-order valence-corrected chi connectivity index (χ2v) is 4.57. The van der Waals surface area contributed by atoms with Crippen LogP contribution in [0, 0.1) is 11.3 Å². The first-order valence-corrected chi connectivity index (χ1v) is 5.77. The Morgan fingerprint density at radius 1 is 1.25 bits per heavy atom. The Morgan fingerprint density at radius 3 is 2.88 bits per heavy atom. The number of hydrogen-bond donors (Lipinski definition) is 0. The van der Waals surface area contributed by atoms with Crippen molar-refractivity contribution in [3.8, 4) is 6.07 Å². The number of aromatic nitrogens is 1. The smallest absolute Gasteiger partial charge is 0.154 e. The van der Waals surface area contributed by atoms with Gasteiger partial charge in [-0.05, 0) is 30.3 Å². The number of pyridine rings is 1. The van der Waals surface area contributed by atoms with Gasteiger partial charge in [0.25, 0.3) is 0 Å². The summed E-state index contributed by atoms with van der Waals surface area (Å²) in [7, 11) is 0. The lowest BCUT2D eigenvalue weighted by molar-refractivity contribution is 1.18. The zero-order valence-electron chi connectivity index (χ0n) is 8.22. The summed E-state index contributed by atoms with van der Waals surface area (Å²) in [6, 6.07) is 13.3. The van der Waals surface area contributed by atoms with Crippen LogP contribution in [0.4, 0.5) is 0 Å². The third-order valence-electron chi connectivity index (χ3n) is 1.90. The molecule has 0 atom stereocenters. The molecule has 16 heavy (non-hydrogen) atoms. The van der Waals surface area contributed by atoms with Crippen LogP contribution in [0.1, 0.15) is 5.69 Å². The van der Waals surface area contributed by atoms with Crippen LogP contribution in [0.15, 0.2) is 52.4 Å². The minimum absolute atomic E-state index is 0.437. The van der Waals surface area contributed by atoms with Crippen molar-refractivity contribution in [1.82, 2.24) is 4.98 Å². The van der Waals surface area contributed by atoms with Gasteiger partial charge in [0.05, 0.1) is 0 Å². The van der Waals surface area contributed by atoms with E-state index in [2.05, 4.69) is 11.1 Å². The lowest BCUT2D eigenvalue weighted by Gasteiger charge is -2.02. The van der Waals surface area contributed by atoms with Gasteiger partial charge in [0.2, 0.25) is 0 Å². The number of nitriles is 1. The highest BCUT2D eigenvalue weighted by molar-refractivity contribution is 7.99. The number of halogens is 1. The molecule has 0 aliphatic rings. The number of nitrogens with zero attached hydrogens (tertiary/aromatic N) is 2. The molecule has 0 saturated carbocycles. The van der Waals surface area contributed by atoms with Crippen molar-refractivity contribution < 1.29 is 0 Å². The highest BCUT2D eigenvalue weighted by atomic mass is 35.5. The van der Waals surface area contributed by atoms with Crippen LogP contribution >= 0.6 is 23.4 Å². The zero-order valence-corrected chi connectivity index (χ0v) is 9.79. The molecule has 0 bridgehead atoms. The van der Waals surface area contributed by atoms with Gasteiger partial charge in [0.1, 0.15) is 6.07 Å². The molecule has 2 nitrogen and oxygen atoms in total. The molecule has 78 valence electrons. The molecule has 2 rings (SSSR count). The highest BCUT2D eigenvalue weighted by Gasteiger charge is 2.04. The molecule has 1 aromatic carbocycles. The van der Waals surface area contributed by atoms with E-state index in [-0.39, 0.29) is 0 Å². The largest absolute Gasteiger partial charge is 0.244 e. The minimum Gasteiger partial charge on any atom is -0.244 e. The Morgan fingerprint density at radius 2 is 2.12 bits per heavy atom. The molecular formula is C12H7ClN2S. The summed E-state index contributed by atoms with van der Waals surface area (Å²) in [4.78, 5) is 5.84. The summed E-state index contributed by atoms with van der Waals surface area (Å²) in [5.74, 6) is 0. The summed E-state index contributed by atoms with van der Waals surface area (Å²) in [6.45, 7) is 0. The van der Waals surface area contributed by atoms with Gasteiger partial charge in [-0.15, -0.1) is 0 Å². The lowest BCUT2D eigenvalue weighted by atomic mass is 10.4. The van der Waals surface area contributed by atoms with Gasteiger partial charge in [0, 0.05) is 21.0 Å². The first-order chi connectivity index (χ1) is 7.79. The summed E-state index contributed by atoms with van der Waals surface area (Å²) < 4.78 is 0. The van der Waals surface area contributed by atoms with E-state index in [9.17, 15) is 0 Å². The van der Waals surface area contributed by atoms with E-state index in [0.717, 1.165) is 9.79 Å². The van der Waals surface area contributed by atoms with E-state index in [1.54, 1.807) is 6.20 Å². The van der Waals surface area contributed by atoms with Gasteiger partial charge in [-0.2, -0.15) is 5.26 Å². The summed E-state index contributed by atoms with van der Waals surface area (Å²) >= 11 is 7.37. The quantitative estimate of drug-likeness (QED) is 0.810. The maximum Gasteiger partial charge on any atom is 0.154 e. The first kappa shape index (κ1) is 11.0. The first-order valence-electron chi connectivity index (χ1n) is 4.58. The topological polar surface area (TPSA) is 36.7 Å². The average molecular weight is 247 g/mol. The maximum atomic E-state index is 8.90. The Hall–Kier alpha value is -1.50. The van der Waals surface area contributed by atoms with Gasteiger partial charge in [-0.1, -0.05) is 29.4 Å². The van der Waals surface area contributed by atoms with Crippen LogP contribution in [0.2, 0.25) is 5.02 Å². The van der Waals surface area contributed by atoms with Crippen molar-refractivity contribution in [2.75, 3.05) is 0 Å². The molecule has 0 radical (unpaired) electrons. The lowest BCUT2D eigenvalue weighted by Crippen LogP contribution is -1.85. The summed E-state index contributed by atoms with van der Waals surface area (Å²) in [5.41, 5.74) is 0.437. The van der Waals surface area contributed by atoms with Gasteiger partial charge in [-0.25, -0.2) is 4.98 Å². The van der Waals surface area contributed by atoms with E-state index in [0.29, 0.717) is 10.7 Å². The number of hydrogen-bond acceptors (Lipinski definition) is 3. The van der Waals surface area contributed by atoms with E-state index >= 15 is 0 Å². The molecular weight excluding hydrogens is 240 g/mol. The van der Waals surface area contributed by atoms with Crippen molar-refractivity contribution in [1.29, 1.82) is 5.26 Å². The van der Waals surface area contributed by atoms with Crippen LogP contribution in [-0.2, 0) is 0 Å². The van der Waals surface area contributed by atoms with E-state index in [1.165, 1.54) is 11.8 Å². The van der Waals surface area contributed by atoms with Crippen LogP contribution in [0.3, 0.4) is 0 Å². The van der Waals surface area contributed by atoms with Gasteiger partial charge >= 0.3 is 0 Å². The molecule has 0 fully saturated rings. The standard InChI is InChI=1S/C12H7ClN2S/c13-9-3-1-4-10(7-9)16-12-5-2-6-15-11(12)8-14/h1-7H. The van der Waals surface area contributed by atoms with Crippen molar-refractivity contribution in [2.24, 2.45) is 0 Å². The molecule has 4 heteroatoms. The van der Waals surface area contributed by atoms with E-state index < -0.39 is 0 Å². The summed E-state index contributed by atoms with van der Waals surface area (Å²) in [5, 5.41) is 9.59. The molecule has 2 aromatic rings. The molecule has 0 saturated heterocycles. The predicted octanol–water partition coefficient (Wildman–Crippen LogP) is 3.76. The van der Waals surface area contributed by atoms with Gasteiger partial charge in [-0.3, -0.25) is 0 Å². The molecule has 0 spiro atoms. The molecule has 1 heterocycles. The molecule has 1 aromatic heterocycles. The van der Waals surface area contributed by atoms with Crippen LogP contribution in [-0.4, -0.2) is 4.98 Å². The molecule has 0 amide bonds. The Balaban J connectivity index is 2.31. The summed E-state index contributed by atoms with van der Waals surface area (Å²) in [6.07, 6.45) is 1.61. The second kappa shape index (κ2) is 5.02. The molecule has 0 aliphatic heterocycles. The fraction of sp³-hybridized carbons (Fsp3) is 0. The van der Waals surface area contributed by atoms with Crippen LogP contribution in [0.25, 0.3) is 0 Å². The van der Waals surface area contributed by atoms with Crippen LogP contribution in [0.5, 0.6) is 0 Å². The van der Waals surface area contributed by atoms with Gasteiger partial charge < -0.3 is 0 Å². The Kier molecular flexibility index (Phi) is 3.45. The fourth-order valence-corrected chi connectivity index (χ4v) is 2.40. The second-order valence-electron chi connectivity index (χ2n) is 3.02. The monoisotopic (exact) mass is 246 g/mol. The van der Waals surface area contributed by atoms with Gasteiger partial charge in [0.15, 0.2) is 5.69 Å². The molecule has 0 N–H and O–H groups in total. The van der Waals surface area contributed by atoms with Crippen molar-refractivity contribution >= 4 is 23.4 Å².